The minimum Gasteiger partial charge on any atom is -0.388 e. The summed E-state index contributed by atoms with van der Waals surface area (Å²) in [6.07, 6.45) is 3.59. The lowest BCUT2D eigenvalue weighted by Crippen LogP contribution is -2.09. The van der Waals surface area contributed by atoms with Gasteiger partial charge in [0, 0.05) is 31.8 Å². The number of aryl methyl sites for hydroxylation is 4. The van der Waals surface area contributed by atoms with Crippen LogP contribution < -0.4 is 0 Å². The maximum absolute atomic E-state index is 10.6. The molecule has 116 valence electrons. The van der Waals surface area contributed by atoms with E-state index in [1.54, 1.807) is 4.68 Å². The van der Waals surface area contributed by atoms with Crippen molar-refractivity contribution in [3.63, 3.8) is 0 Å². The summed E-state index contributed by atoms with van der Waals surface area (Å²) in [4.78, 5) is 0. The second kappa shape index (κ2) is 6.75. The van der Waals surface area contributed by atoms with Gasteiger partial charge in [-0.25, -0.2) is 0 Å². The van der Waals surface area contributed by atoms with Crippen LogP contribution in [0.25, 0.3) is 0 Å². The number of hydrogen-bond donors (Lipinski definition) is 1. The highest BCUT2D eigenvalue weighted by atomic mass is 79.9. The summed E-state index contributed by atoms with van der Waals surface area (Å²) < 4.78 is 4.75. The second-order valence-corrected chi connectivity index (χ2v) is 5.95. The van der Waals surface area contributed by atoms with E-state index in [0.717, 1.165) is 46.5 Å². The maximum atomic E-state index is 10.6. The van der Waals surface area contributed by atoms with E-state index in [0.29, 0.717) is 6.42 Å². The first-order chi connectivity index (χ1) is 10.0. The first kappa shape index (κ1) is 16.2. The SMILES string of the molecule is CCc1nn(C)cc1C(O)Cc1c(Br)c(CC)nn1CC. The summed E-state index contributed by atoms with van der Waals surface area (Å²) in [6, 6.07) is 0. The Hall–Kier alpha value is -1.14. The highest BCUT2D eigenvalue weighted by Gasteiger charge is 2.21. The molecule has 1 atom stereocenters. The molecule has 0 aromatic carbocycles. The molecule has 0 spiro atoms. The zero-order chi connectivity index (χ0) is 15.6. The van der Waals surface area contributed by atoms with Crippen LogP contribution in [0.2, 0.25) is 0 Å². The zero-order valence-corrected chi connectivity index (χ0v) is 14.7. The molecule has 1 unspecified atom stereocenters. The van der Waals surface area contributed by atoms with Crippen molar-refractivity contribution in [3.8, 4) is 0 Å². The van der Waals surface area contributed by atoms with E-state index in [4.69, 9.17) is 0 Å². The minimum absolute atomic E-state index is 0.542. The third kappa shape index (κ3) is 3.21. The van der Waals surface area contributed by atoms with Gasteiger partial charge in [-0.2, -0.15) is 10.2 Å². The average molecular weight is 355 g/mol. The van der Waals surface area contributed by atoms with Crippen LogP contribution in [-0.2, 0) is 32.9 Å². The molecule has 2 rings (SSSR count). The molecule has 2 heterocycles. The quantitative estimate of drug-likeness (QED) is 0.867. The number of nitrogens with zero attached hydrogens (tertiary/aromatic N) is 4. The molecule has 0 aliphatic heterocycles. The van der Waals surface area contributed by atoms with E-state index in [9.17, 15) is 5.11 Å². The normalized spacial score (nSPS) is 12.9. The number of halogens is 1. The predicted octanol–water partition coefficient (Wildman–Crippen LogP) is 2.80. The third-order valence-corrected chi connectivity index (χ3v) is 4.63. The fraction of sp³-hybridized carbons (Fsp3) is 0.600. The highest BCUT2D eigenvalue weighted by molar-refractivity contribution is 9.10. The first-order valence-corrected chi connectivity index (χ1v) is 8.25. The summed E-state index contributed by atoms with van der Waals surface area (Å²) in [6.45, 7) is 7.01. The van der Waals surface area contributed by atoms with Crippen LogP contribution in [0, 0.1) is 0 Å². The maximum Gasteiger partial charge on any atom is 0.0878 e. The van der Waals surface area contributed by atoms with Crippen molar-refractivity contribution in [2.75, 3.05) is 0 Å². The predicted molar refractivity (Wildman–Crippen MR) is 86.2 cm³/mol. The number of aliphatic hydroxyl groups is 1. The van der Waals surface area contributed by atoms with Gasteiger partial charge in [0.25, 0.3) is 0 Å². The van der Waals surface area contributed by atoms with Crippen molar-refractivity contribution < 1.29 is 5.11 Å². The molecular formula is C15H23BrN4O. The molecule has 0 amide bonds. The fourth-order valence-corrected chi connectivity index (χ4v) is 3.34. The monoisotopic (exact) mass is 354 g/mol. The number of aromatic nitrogens is 4. The Balaban J connectivity index is 2.30. The Bertz CT molecular complexity index is 617. The average Bonchev–Trinajstić information content (AvgIpc) is 3.00. The molecule has 0 fully saturated rings. The standard InChI is InChI=1S/C15H23BrN4O/c1-5-11-10(9-19(4)17-11)14(21)8-13-15(16)12(6-2)18-20(13)7-3/h9,14,21H,5-8H2,1-4H3. The summed E-state index contributed by atoms with van der Waals surface area (Å²) >= 11 is 3.63. The van der Waals surface area contributed by atoms with E-state index < -0.39 is 6.10 Å². The molecule has 0 bridgehead atoms. The Morgan fingerprint density at radius 1 is 1.19 bits per heavy atom. The van der Waals surface area contributed by atoms with E-state index in [2.05, 4.69) is 46.9 Å². The Labute approximate surface area is 134 Å². The zero-order valence-electron chi connectivity index (χ0n) is 13.1. The van der Waals surface area contributed by atoms with Gasteiger partial charge in [-0.1, -0.05) is 13.8 Å². The van der Waals surface area contributed by atoms with Crippen LogP contribution in [0.1, 0.15) is 49.5 Å². The van der Waals surface area contributed by atoms with Crippen molar-refractivity contribution in [1.82, 2.24) is 19.6 Å². The minimum atomic E-state index is -0.559. The van der Waals surface area contributed by atoms with Crippen molar-refractivity contribution in [2.24, 2.45) is 7.05 Å². The lowest BCUT2D eigenvalue weighted by atomic mass is 10.0. The topological polar surface area (TPSA) is 55.9 Å². The first-order valence-electron chi connectivity index (χ1n) is 7.46. The van der Waals surface area contributed by atoms with Gasteiger partial charge in [-0.05, 0) is 35.7 Å². The van der Waals surface area contributed by atoms with Crippen LogP contribution >= 0.6 is 15.9 Å². The molecule has 6 heteroatoms. The van der Waals surface area contributed by atoms with Gasteiger partial charge >= 0.3 is 0 Å². The summed E-state index contributed by atoms with van der Waals surface area (Å²) in [7, 11) is 1.89. The molecule has 2 aromatic rings. The van der Waals surface area contributed by atoms with Gasteiger partial charge in [0.2, 0.25) is 0 Å². The molecule has 0 aliphatic carbocycles. The van der Waals surface area contributed by atoms with Gasteiger partial charge in [-0.15, -0.1) is 0 Å². The van der Waals surface area contributed by atoms with Crippen LogP contribution in [0.5, 0.6) is 0 Å². The van der Waals surface area contributed by atoms with Crippen molar-refractivity contribution in [2.45, 2.75) is 52.7 Å². The van der Waals surface area contributed by atoms with E-state index in [1.807, 2.05) is 17.9 Å². The molecule has 1 N–H and O–H groups in total. The second-order valence-electron chi connectivity index (χ2n) is 5.15. The molecule has 0 radical (unpaired) electrons. The van der Waals surface area contributed by atoms with E-state index in [1.165, 1.54) is 0 Å². The molecule has 2 aromatic heterocycles. The Morgan fingerprint density at radius 3 is 2.43 bits per heavy atom. The molecule has 21 heavy (non-hydrogen) atoms. The Kier molecular flexibility index (Phi) is 5.22. The third-order valence-electron chi connectivity index (χ3n) is 3.71. The van der Waals surface area contributed by atoms with Crippen molar-refractivity contribution >= 4 is 15.9 Å². The molecule has 0 saturated heterocycles. The van der Waals surface area contributed by atoms with E-state index in [-0.39, 0.29) is 0 Å². The summed E-state index contributed by atoms with van der Waals surface area (Å²) in [5, 5.41) is 19.6. The molecule has 5 nitrogen and oxygen atoms in total. The fourth-order valence-electron chi connectivity index (χ4n) is 2.61. The summed E-state index contributed by atoms with van der Waals surface area (Å²) in [5.41, 5.74) is 3.96. The molecule has 0 saturated carbocycles. The van der Waals surface area contributed by atoms with Crippen LogP contribution in [0.4, 0.5) is 0 Å². The van der Waals surface area contributed by atoms with Gasteiger partial charge in [0.05, 0.1) is 27.7 Å². The van der Waals surface area contributed by atoms with Crippen LogP contribution in [0.15, 0.2) is 10.7 Å². The van der Waals surface area contributed by atoms with Gasteiger partial charge in [0.1, 0.15) is 0 Å². The number of aliphatic hydroxyl groups excluding tert-OH is 1. The molecular weight excluding hydrogens is 332 g/mol. The number of rotatable bonds is 6. The molecule has 0 aliphatic rings. The van der Waals surface area contributed by atoms with Crippen LogP contribution in [-0.4, -0.2) is 24.7 Å². The highest BCUT2D eigenvalue weighted by Crippen LogP contribution is 2.28. The van der Waals surface area contributed by atoms with Crippen LogP contribution in [0.3, 0.4) is 0 Å². The largest absolute Gasteiger partial charge is 0.388 e. The van der Waals surface area contributed by atoms with Gasteiger partial charge in [-0.3, -0.25) is 9.36 Å². The summed E-state index contributed by atoms with van der Waals surface area (Å²) in [5.74, 6) is 0. The Morgan fingerprint density at radius 2 is 1.86 bits per heavy atom. The number of hydrogen-bond acceptors (Lipinski definition) is 3. The smallest absolute Gasteiger partial charge is 0.0878 e. The van der Waals surface area contributed by atoms with Gasteiger partial charge in [0.15, 0.2) is 0 Å². The van der Waals surface area contributed by atoms with Crippen molar-refractivity contribution in [3.05, 3.63) is 33.3 Å². The van der Waals surface area contributed by atoms with E-state index >= 15 is 0 Å². The van der Waals surface area contributed by atoms with Crippen molar-refractivity contribution in [1.29, 1.82) is 0 Å². The lowest BCUT2D eigenvalue weighted by molar-refractivity contribution is 0.174. The lowest BCUT2D eigenvalue weighted by Gasteiger charge is -2.12. The van der Waals surface area contributed by atoms with Gasteiger partial charge < -0.3 is 5.11 Å².